The highest BCUT2D eigenvalue weighted by Crippen LogP contribution is 2.44. The quantitative estimate of drug-likeness (QED) is 0.442. The van der Waals surface area contributed by atoms with Crippen LogP contribution in [0.15, 0.2) is 78.9 Å². The maximum absolute atomic E-state index is 12.8. The Balaban J connectivity index is 1.34. The molecular formula is C29H30N2O5. The van der Waals surface area contributed by atoms with Crippen LogP contribution in [0.1, 0.15) is 36.5 Å². The molecule has 0 aromatic heterocycles. The van der Waals surface area contributed by atoms with Crippen molar-refractivity contribution in [2.45, 2.75) is 38.3 Å². The van der Waals surface area contributed by atoms with E-state index in [0.717, 1.165) is 27.8 Å². The minimum Gasteiger partial charge on any atom is -0.464 e. The van der Waals surface area contributed by atoms with Gasteiger partial charge in [-0.1, -0.05) is 78.9 Å². The van der Waals surface area contributed by atoms with Crippen molar-refractivity contribution in [1.82, 2.24) is 10.6 Å². The average molecular weight is 487 g/mol. The molecule has 0 fully saturated rings. The van der Waals surface area contributed by atoms with Crippen LogP contribution < -0.4 is 10.6 Å². The molecule has 0 radical (unpaired) electrons. The molecular weight excluding hydrogens is 456 g/mol. The Kier molecular flexibility index (Phi) is 8.00. The lowest BCUT2D eigenvalue weighted by Gasteiger charge is -2.21. The summed E-state index contributed by atoms with van der Waals surface area (Å²) >= 11 is 0. The summed E-state index contributed by atoms with van der Waals surface area (Å²) in [5.41, 5.74) is 5.37. The zero-order valence-electron chi connectivity index (χ0n) is 20.4. The molecule has 2 N–H and O–H groups in total. The van der Waals surface area contributed by atoms with E-state index < -0.39 is 30.1 Å². The SMILES string of the molecule is CCOC(=O)[C@H](Cc1ccccc1)NC(=O)[C@H](C)NC(=O)OCC1c2ccccc2-c2ccccc21. The zero-order valence-corrected chi connectivity index (χ0v) is 20.4. The van der Waals surface area contributed by atoms with Crippen molar-refractivity contribution in [1.29, 1.82) is 0 Å². The van der Waals surface area contributed by atoms with Crippen LogP contribution in [0.4, 0.5) is 4.79 Å². The molecule has 36 heavy (non-hydrogen) atoms. The Labute approximate surface area is 210 Å². The number of benzene rings is 3. The highest BCUT2D eigenvalue weighted by atomic mass is 16.5. The van der Waals surface area contributed by atoms with E-state index >= 15 is 0 Å². The molecule has 0 unspecified atom stereocenters. The maximum Gasteiger partial charge on any atom is 0.407 e. The second kappa shape index (κ2) is 11.5. The van der Waals surface area contributed by atoms with Crippen molar-refractivity contribution >= 4 is 18.0 Å². The second-order valence-corrected chi connectivity index (χ2v) is 8.69. The van der Waals surface area contributed by atoms with Gasteiger partial charge in [0.2, 0.25) is 5.91 Å². The summed E-state index contributed by atoms with van der Waals surface area (Å²) in [6.07, 6.45) is -0.418. The number of nitrogens with one attached hydrogen (secondary N) is 2. The van der Waals surface area contributed by atoms with Gasteiger partial charge in [0.15, 0.2) is 0 Å². The first kappa shape index (κ1) is 25.0. The number of hydrogen-bond acceptors (Lipinski definition) is 5. The van der Waals surface area contributed by atoms with Crippen LogP contribution in [0.3, 0.4) is 0 Å². The molecule has 4 rings (SSSR count). The third kappa shape index (κ3) is 5.74. The van der Waals surface area contributed by atoms with E-state index in [0.29, 0.717) is 0 Å². The number of amides is 2. The molecule has 1 aliphatic rings. The van der Waals surface area contributed by atoms with Gasteiger partial charge < -0.3 is 20.1 Å². The second-order valence-electron chi connectivity index (χ2n) is 8.69. The highest BCUT2D eigenvalue weighted by molar-refractivity contribution is 5.89. The van der Waals surface area contributed by atoms with Crippen molar-refractivity contribution in [2.75, 3.05) is 13.2 Å². The van der Waals surface area contributed by atoms with Gasteiger partial charge >= 0.3 is 12.1 Å². The number of carbonyl (C=O) groups is 3. The van der Waals surface area contributed by atoms with E-state index in [1.54, 1.807) is 13.8 Å². The van der Waals surface area contributed by atoms with Crippen molar-refractivity contribution in [3.8, 4) is 11.1 Å². The van der Waals surface area contributed by atoms with Gasteiger partial charge in [0.25, 0.3) is 0 Å². The molecule has 1 aliphatic carbocycles. The monoisotopic (exact) mass is 486 g/mol. The Bertz CT molecular complexity index is 1180. The molecule has 186 valence electrons. The van der Waals surface area contributed by atoms with Gasteiger partial charge in [0.05, 0.1) is 6.61 Å². The first-order chi connectivity index (χ1) is 17.5. The molecule has 7 nitrogen and oxygen atoms in total. The Hall–Kier alpha value is -4.13. The summed E-state index contributed by atoms with van der Waals surface area (Å²) in [6.45, 7) is 3.60. The van der Waals surface area contributed by atoms with E-state index in [2.05, 4.69) is 22.8 Å². The van der Waals surface area contributed by atoms with Crippen molar-refractivity contribution < 1.29 is 23.9 Å². The van der Waals surface area contributed by atoms with Crippen molar-refractivity contribution in [3.05, 3.63) is 95.6 Å². The number of esters is 1. The van der Waals surface area contributed by atoms with Gasteiger partial charge in [-0.15, -0.1) is 0 Å². The molecule has 7 heteroatoms. The van der Waals surface area contributed by atoms with E-state index in [-0.39, 0.29) is 25.6 Å². The third-order valence-electron chi connectivity index (χ3n) is 6.24. The maximum atomic E-state index is 12.8. The summed E-state index contributed by atoms with van der Waals surface area (Å²) in [5, 5.41) is 5.26. The van der Waals surface area contributed by atoms with E-state index in [1.807, 2.05) is 66.7 Å². The topological polar surface area (TPSA) is 93.7 Å². The van der Waals surface area contributed by atoms with E-state index in [9.17, 15) is 14.4 Å². The smallest absolute Gasteiger partial charge is 0.407 e. The molecule has 0 saturated heterocycles. The highest BCUT2D eigenvalue weighted by Gasteiger charge is 2.30. The van der Waals surface area contributed by atoms with Gasteiger partial charge in [0, 0.05) is 12.3 Å². The van der Waals surface area contributed by atoms with Crippen LogP contribution in [0.5, 0.6) is 0 Å². The molecule has 3 aromatic carbocycles. The average Bonchev–Trinajstić information content (AvgIpc) is 3.21. The Morgan fingerprint density at radius 3 is 2.00 bits per heavy atom. The van der Waals surface area contributed by atoms with E-state index in [4.69, 9.17) is 9.47 Å². The summed E-state index contributed by atoms with van der Waals surface area (Å²) in [4.78, 5) is 37.8. The summed E-state index contributed by atoms with van der Waals surface area (Å²) in [5.74, 6) is -1.10. The fraction of sp³-hybridized carbons (Fsp3) is 0.276. The summed E-state index contributed by atoms with van der Waals surface area (Å²) < 4.78 is 10.7. The lowest BCUT2D eigenvalue weighted by molar-refractivity contribution is -0.147. The summed E-state index contributed by atoms with van der Waals surface area (Å²) in [7, 11) is 0. The number of hydrogen-bond donors (Lipinski definition) is 2. The minimum absolute atomic E-state index is 0.0775. The van der Waals surface area contributed by atoms with Crippen molar-refractivity contribution in [2.24, 2.45) is 0 Å². The fourth-order valence-electron chi connectivity index (χ4n) is 4.47. The first-order valence-corrected chi connectivity index (χ1v) is 12.1. The standard InChI is InChI=1S/C29H30N2O5/c1-3-35-28(33)26(17-20-11-5-4-6-12-20)31-27(32)19(2)30-29(34)36-18-25-23-15-9-7-13-21(23)22-14-8-10-16-24(22)25/h4-16,19,25-26H,3,17-18H2,1-2H3,(H,30,34)(H,31,32)/t19-,26-/m0/s1. The first-order valence-electron chi connectivity index (χ1n) is 12.1. The molecule has 0 spiro atoms. The lowest BCUT2D eigenvalue weighted by atomic mass is 9.98. The normalized spacial score (nSPS) is 13.6. The van der Waals surface area contributed by atoms with Crippen LogP contribution in [0, 0.1) is 0 Å². The molecule has 2 amide bonds. The van der Waals surface area contributed by atoms with E-state index in [1.165, 1.54) is 0 Å². The van der Waals surface area contributed by atoms with Gasteiger partial charge in [-0.3, -0.25) is 4.79 Å². The van der Waals surface area contributed by atoms with Crippen LogP contribution in [0.25, 0.3) is 11.1 Å². The lowest BCUT2D eigenvalue weighted by Crippen LogP contribution is -2.51. The Morgan fingerprint density at radius 2 is 1.39 bits per heavy atom. The van der Waals surface area contributed by atoms with Crippen LogP contribution in [0.2, 0.25) is 0 Å². The number of alkyl carbamates (subject to hydrolysis) is 1. The fourth-order valence-corrected chi connectivity index (χ4v) is 4.47. The van der Waals surface area contributed by atoms with Crippen LogP contribution in [-0.2, 0) is 25.5 Å². The largest absolute Gasteiger partial charge is 0.464 e. The number of ether oxygens (including phenoxy) is 2. The van der Waals surface area contributed by atoms with Gasteiger partial charge in [-0.05, 0) is 41.7 Å². The number of rotatable bonds is 9. The predicted octanol–water partition coefficient (Wildman–Crippen LogP) is 4.20. The third-order valence-corrected chi connectivity index (χ3v) is 6.24. The Morgan fingerprint density at radius 1 is 0.806 bits per heavy atom. The molecule has 2 atom stereocenters. The number of fused-ring (bicyclic) bond motifs is 3. The molecule has 0 aliphatic heterocycles. The molecule has 0 heterocycles. The van der Waals surface area contributed by atoms with Crippen molar-refractivity contribution in [3.63, 3.8) is 0 Å². The minimum atomic E-state index is -0.909. The van der Waals surface area contributed by atoms with Gasteiger partial charge in [0.1, 0.15) is 18.7 Å². The molecule has 3 aromatic rings. The van der Waals surface area contributed by atoms with Crippen LogP contribution >= 0.6 is 0 Å². The molecule has 0 saturated carbocycles. The van der Waals surface area contributed by atoms with Gasteiger partial charge in [-0.25, -0.2) is 9.59 Å². The zero-order chi connectivity index (χ0) is 25.5. The molecule has 0 bridgehead atoms. The van der Waals surface area contributed by atoms with Crippen LogP contribution in [-0.4, -0.2) is 43.3 Å². The summed E-state index contributed by atoms with van der Waals surface area (Å²) in [6, 6.07) is 23.7. The predicted molar refractivity (Wildman–Crippen MR) is 136 cm³/mol. The number of carbonyl (C=O) groups excluding carboxylic acids is 3. The van der Waals surface area contributed by atoms with Gasteiger partial charge in [-0.2, -0.15) is 0 Å².